The van der Waals surface area contributed by atoms with Gasteiger partial charge >= 0.3 is 0 Å². The van der Waals surface area contributed by atoms with E-state index in [1.54, 1.807) is 12.1 Å². The molecule has 2 aromatic rings. The molecule has 2 N–H and O–H groups in total. The number of rotatable bonds is 4. The van der Waals surface area contributed by atoms with Crippen LogP contribution in [0.25, 0.3) is 0 Å². The molecule has 2 aromatic heterocycles. The zero-order valence-corrected chi connectivity index (χ0v) is 11.3. The molecule has 2 rings (SSSR count). The lowest BCUT2D eigenvalue weighted by atomic mass is 10.3. The molecule has 0 atom stereocenters. The number of halogens is 1. The van der Waals surface area contributed by atoms with E-state index in [0.29, 0.717) is 17.4 Å². The largest absolute Gasteiger partial charge is 0.384 e. The fourth-order valence-corrected chi connectivity index (χ4v) is 1.88. The molecule has 0 aromatic carbocycles. The number of aryl methyl sites for hydroxylation is 2. The molecule has 0 amide bonds. The predicted octanol–water partition coefficient (Wildman–Crippen LogP) is 2.08. The molecule has 0 aliphatic carbocycles. The van der Waals surface area contributed by atoms with Crippen molar-refractivity contribution in [3.63, 3.8) is 0 Å². The second-order valence-corrected chi connectivity index (χ2v) is 4.38. The lowest BCUT2D eigenvalue weighted by Crippen LogP contribution is -2.09. The first-order chi connectivity index (χ1) is 8.63. The Morgan fingerprint density at radius 3 is 2.67 bits per heavy atom. The predicted molar refractivity (Wildman–Crippen MR) is 71.5 cm³/mol. The second-order valence-electron chi connectivity index (χ2n) is 3.97. The minimum atomic E-state index is 0.461. The van der Waals surface area contributed by atoms with E-state index in [1.807, 2.05) is 18.5 Å². The van der Waals surface area contributed by atoms with Crippen molar-refractivity contribution in [2.24, 2.45) is 0 Å². The third kappa shape index (κ3) is 2.61. The summed E-state index contributed by atoms with van der Waals surface area (Å²) in [4.78, 5) is 8.68. The van der Waals surface area contributed by atoms with E-state index in [0.717, 1.165) is 30.2 Å². The zero-order valence-electron chi connectivity index (χ0n) is 10.5. The molecule has 0 aliphatic rings. The van der Waals surface area contributed by atoms with E-state index in [1.165, 1.54) is 0 Å². The Bertz CT molecular complexity index is 549. The number of hydrogen-bond donors (Lipinski definition) is 1. The fraction of sp³-hybridized carbons (Fsp3) is 0.417. The molecule has 18 heavy (non-hydrogen) atoms. The average molecular weight is 266 g/mol. The van der Waals surface area contributed by atoms with E-state index in [4.69, 9.17) is 17.3 Å². The van der Waals surface area contributed by atoms with Crippen LogP contribution < -0.4 is 5.73 Å². The highest BCUT2D eigenvalue weighted by atomic mass is 35.5. The van der Waals surface area contributed by atoms with Crippen molar-refractivity contribution < 1.29 is 0 Å². The van der Waals surface area contributed by atoms with Crippen LogP contribution in [0.15, 0.2) is 12.1 Å². The van der Waals surface area contributed by atoms with Gasteiger partial charge in [0.2, 0.25) is 0 Å². The van der Waals surface area contributed by atoms with Gasteiger partial charge in [0.05, 0.1) is 17.3 Å². The van der Waals surface area contributed by atoms with Crippen LogP contribution in [0.2, 0.25) is 5.02 Å². The Kier molecular flexibility index (Phi) is 3.81. The molecule has 0 saturated carbocycles. The van der Waals surface area contributed by atoms with E-state index in [-0.39, 0.29) is 0 Å². The Morgan fingerprint density at radius 2 is 2.00 bits per heavy atom. The van der Waals surface area contributed by atoms with Crippen molar-refractivity contribution in [2.45, 2.75) is 33.2 Å². The van der Waals surface area contributed by atoms with Gasteiger partial charge in [-0.15, -0.1) is 0 Å². The Hall–Kier alpha value is -1.62. The van der Waals surface area contributed by atoms with Gasteiger partial charge in [0.15, 0.2) is 5.82 Å². The summed E-state index contributed by atoms with van der Waals surface area (Å²) in [5, 5.41) is 5.03. The fourth-order valence-electron chi connectivity index (χ4n) is 1.72. The average Bonchev–Trinajstić information content (AvgIpc) is 2.76. The van der Waals surface area contributed by atoms with Gasteiger partial charge in [0, 0.05) is 12.8 Å². The van der Waals surface area contributed by atoms with Crippen LogP contribution in [-0.2, 0) is 19.4 Å². The van der Waals surface area contributed by atoms with Crippen LogP contribution in [0.3, 0.4) is 0 Å². The second kappa shape index (κ2) is 5.35. The van der Waals surface area contributed by atoms with Gasteiger partial charge in [-0.1, -0.05) is 25.4 Å². The number of hydrogen-bond acceptors (Lipinski definition) is 4. The summed E-state index contributed by atoms with van der Waals surface area (Å²) in [6.45, 7) is 4.58. The molecule has 0 radical (unpaired) electrons. The molecule has 2 heterocycles. The maximum Gasteiger partial charge on any atom is 0.150 e. The normalized spacial score (nSPS) is 10.8. The number of nitrogens with zero attached hydrogens (tertiary/aromatic N) is 4. The lowest BCUT2D eigenvalue weighted by molar-refractivity contribution is 0.627. The highest BCUT2D eigenvalue weighted by molar-refractivity contribution is 6.31. The molecule has 0 saturated heterocycles. The monoisotopic (exact) mass is 265 g/mol. The van der Waals surface area contributed by atoms with Gasteiger partial charge in [0.1, 0.15) is 11.6 Å². The summed E-state index contributed by atoms with van der Waals surface area (Å²) < 4.78 is 1.84. The van der Waals surface area contributed by atoms with Gasteiger partial charge in [0.25, 0.3) is 0 Å². The van der Waals surface area contributed by atoms with Crippen LogP contribution in [0.4, 0.5) is 5.82 Å². The maximum atomic E-state index is 6.10. The quantitative estimate of drug-likeness (QED) is 0.919. The molecule has 0 unspecified atom stereocenters. The van der Waals surface area contributed by atoms with Crippen LogP contribution in [0, 0.1) is 0 Å². The summed E-state index contributed by atoms with van der Waals surface area (Å²) in [5.74, 6) is 2.24. The SMILES string of the molecule is CCc1nc(CC)n(Cc2nc(N)ccc2Cl)n1. The number of nitrogen functional groups attached to an aromatic ring is 1. The molecule has 5 nitrogen and oxygen atoms in total. The van der Waals surface area contributed by atoms with Crippen molar-refractivity contribution in [1.29, 1.82) is 0 Å². The van der Waals surface area contributed by atoms with Crippen molar-refractivity contribution in [1.82, 2.24) is 19.7 Å². The Morgan fingerprint density at radius 1 is 1.22 bits per heavy atom. The Balaban J connectivity index is 2.32. The summed E-state index contributed by atoms with van der Waals surface area (Å²) in [6.07, 6.45) is 1.64. The third-order valence-corrected chi connectivity index (χ3v) is 3.01. The maximum absolute atomic E-state index is 6.10. The third-order valence-electron chi connectivity index (χ3n) is 2.66. The van der Waals surface area contributed by atoms with Gasteiger partial charge < -0.3 is 5.73 Å². The first-order valence-corrected chi connectivity index (χ1v) is 6.35. The van der Waals surface area contributed by atoms with Gasteiger partial charge in [-0.05, 0) is 12.1 Å². The topological polar surface area (TPSA) is 69.6 Å². The Labute approximate surface area is 111 Å². The van der Waals surface area contributed by atoms with Crippen molar-refractivity contribution >= 4 is 17.4 Å². The number of anilines is 1. The van der Waals surface area contributed by atoms with Gasteiger partial charge in [-0.25, -0.2) is 14.6 Å². The van der Waals surface area contributed by atoms with Crippen LogP contribution in [0.5, 0.6) is 0 Å². The number of nitrogens with two attached hydrogens (primary N) is 1. The molecular weight excluding hydrogens is 250 g/mol. The van der Waals surface area contributed by atoms with Crippen LogP contribution in [0.1, 0.15) is 31.2 Å². The summed E-state index contributed by atoms with van der Waals surface area (Å²) in [7, 11) is 0. The van der Waals surface area contributed by atoms with Crippen molar-refractivity contribution in [2.75, 3.05) is 5.73 Å². The van der Waals surface area contributed by atoms with Crippen LogP contribution in [-0.4, -0.2) is 19.7 Å². The molecule has 6 heteroatoms. The number of pyridine rings is 1. The molecular formula is C12H16ClN5. The molecule has 0 fully saturated rings. The smallest absolute Gasteiger partial charge is 0.150 e. The summed E-state index contributed by atoms with van der Waals surface area (Å²) in [5.41, 5.74) is 6.39. The molecule has 0 spiro atoms. The molecule has 0 bridgehead atoms. The first kappa shape index (κ1) is 12.8. The summed E-state index contributed by atoms with van der Waals surface area (Å²) >= 11 is 6.10. The molecule has 96 valence electrons. The highest BCUT2D eigenvalue weighted by Crippen LogP contribution is 2.17. The number of aromatic nitrogens is 4. The van der Waals surface area contributed by atoms with E-state index in [9.17, 15) is 0 Å². The lowest BCUT2D eigenvalue weighted by Gasteiger charge is -2.06. The van der Waals surface area contributed by atoms with Gasteiger partial charge in [-0.3, -0.25) is 0 Å². The van der Waals surface area contributed by atoms with E-state index >= 15 is 0 Å². The van der Waals surface area contributed by atoms with Gasteiger partial charge in [-0.2, -0.15) is 5.10 Å². The van der Waals surface area contributed by atoms with Crippen LogP contribution >= 0.6 is 11.6 Å². The van der Waals surface area contributed by atoms with E-state index < -0.39 is 0 Å². The minimum absolute atomic E-state index is 0.461. The van der Waals surface area contributed by atoms with E-state index in [2.05, 4.69) is 15.1 Å². The zero-order chi connectivity index (χ0) is 13.1. The highest BCUT2D eigenvalue weighted by Gasteiger charge is 2.10. The minimum Gasteiger partial charge on any atom is -0.384 e. The first-order valence-electron chi connectivity index (χ1n) is 5.97. The van der Waals surface area contributed by atoms with Crippen molar-refractivity contribution in [3.05, 3.63) is 34.5 Å². The molecule has 0 aliphatic heterocycles. The van der Waals surface area contributed by atoms with Crippen molar-refractivity contribution in [3.8, 4) is 0 Å². The summed E-state index contributed by atoms with van der Waals surface area (Å²) in [6, 6.07) is 3.44. The standard InChI is InChI=1S/C12H16ClN5/c1-3-11-16-12(4-2)18(17-11)7-9-8(13)5-6-10(14)15-9/h5-6H,3-4,7H2,1-2H3,(H2,14,15).